The molecule has 1 aromatic heterocycles. The monoisotopic (exact) mass is 291 g/mol. The van der Waals surface area contributed by atoms with Crippen LogP contribution in [-0.4, -0.2) is 58.4 Å². The third-order valence-electron chi connectivity index (χ3n) is 2.48. The molecule has 2 N–H and O–H groups in total. The van der Waals surface area contributed by atoms with Crippen LogP contribution in [0.1, 0.15) is 13.3 Å². The Morgan fingerprint density at radius 1 is 1.58 bits per heavy atom. The predicted molar refractivity (Wildman–Crippen MR) is 66.0 cm³/mol. The van der Waals surface area contributed by atoms with E-state index in [0.29, 0.717) is 6.42 Å². The van der Waals surface area contributed by atoms with Gasteiger partial charge in [-0.3, -0.25) is 9.48 Å². The minimum atomic E-state index is -3.70. The van der Waals surface area contributed by atoms with Gasteiger partial charge in [-0.05, 0) is 13.3 Å². The topological polar surface area (TPSA) is 113 Å². The van der Waals surface area contributed by atoms with Crippen LogP contribution in [0, 0.1) is 0 Å². The summed E-state index contributed by atoms with van der Waals surface area (Å²) < 4.78 is 26.3. The molecule has 0 bridgehead atoms. The number of hydrogen-bond acceptors (Lipinski definition) is 5. The molecule has 1 atom stereocenters. The van der Waals surface area contributed by atoms with Crippen LogP contribution >= 0.6 is 0 Å². The molecule has 108 valence electrons. The van der Waals surface area contributed by atoms with Gasteiger partial charge in [-0.15, -0.1) is 0 Å². The highest BCUT2D eigenvalue weighted by molar-refractivity contribution is 7.89. The van der Waals surface area contributed by atoms with Crippen LogP contribution in [0.4, 0.5) is 0 Å². The fourth-order valence-corrected chi connectivity index (χ4v) is 2.51. The molecule has 0 aliphatic heterocycles. The molecule has 0 aliphatic carbocycles. The van der Waals surface area contributed by atoms with Gasteiger partial charge in [0.1, 0.15) is 11.4 Å². The second kappa shape index (κ2) is 6.13. The third-order valence-corrected chi connectivity index (χ3v) is 4.29. The smallest absolute Gasteiger partial charge is 0.325 e. The van der Waals surface area contributed by atoms with Crippen molar-refractivity contribution >= 4 is 16.0 Å². The van der Waals surface area contributed by atoms with Gasteiger partial charge < -0.3 is 10.2 Å². The lowest BCUT2D eigenvalue weighted by molar-refractivity contribution is -0.137. The highest BCUT2D eigenvalue weighted by Gasteiger charge is 2.22. The first-order chi connectivity index (χ1) is 8.73. The third kappa shape index (κ3) is 4.30. The number of nitrogens with zero attached hydrogens (tertiary/aromatic N) is 3. The molecule has 19 heavy (non-hydrogen) atoms. The molecule has 0 aliphatic rings. The number of carboxylic acids is 1. The standard InChI is InChI=1S/C10H17N3O5S/c1-8(14)3-4-12(2)19(17,18)9-5-11-13(6-9)7-10(15)16/h5-6,8,14H,3-4,7H2,1-2H3,(H,15,16). The number of aromatic nitrogens is 2. The molecular formula is C10H17N3O5S. The van der Waals surface area contributed by atoms with E-state index in [0.717, 1.165) is 15.2 Å². The van der Waals surface area contributed by atoms with Gasteiger partial charge >= 0.3 is 5.97 Å². The van der Waals surface area contributed by atoms with E-state index in [4.69, 9.17) is 10.2 Å². The van der Waals surface area contributed by atoms with Crippen molar-refractivity contribution in [3.8, 4) is 0 Å². The van der Waals surface area contributed by atoms with Crippen LogP contribution in [0.5, 0.6) is 0 Å². The summed E-state index contributed by atoms with van der Waals surface area (Å²) in [6, 6.07) is 0. The molecule has 8 nitrogen and oxygen atoms in total. The maximum absolute atomic E-state index is 12.1. The summed E-state index contributed by atoms with van der Waals surface area (Å²) in [6.45, 7) is 1.35. The molecule has 0 saturated heterocycles. The molecule has 1 unspecified atom stereocenters. The van der Waals surface area contributed by atoms with E-state index < -0.39 is 28.6 Å². The van der Waals surface area contributed by atoms with E-state index in [-0.39, 0.29) is 11.4 Å². The van der Waals surface area contributed by atoms with Crippen LogP contribution in [0.25, 0.3) is 0 Å². The Bertz CT molecular complexity index is 537. The number of hydrogen-bond donors (Lipinski definition) is 2. The summed E-state index contributed by atoms with van der Waals surface area (Å²) in [5.41, 5.74) is 0. The molecule has 0 radical (unpaired) electrons. The Labute approximate surface area is 111 Å². The number of carboxylic acid groups (broad SMARTS) is 1. The van der Waals surface area contributed by atoms with Crippen molar-refractivity contribution in [2.75, 3.05) is 13.6 Å². The van der Waals surface area contributed by atoms with Crippen molar-refractivity contribution in [1.29, 1.82) is 0 Å². The quantitative estimate of drug-likeness (QED) is 0.691. The number of aliphatic hydroxyl groups excluding tert-OH is 1. The lowest BCUT2D eigenvalue weighted by atomic mass is 10.3. The van der Waals surface area contributed by atoms with Gasteiger partial charge in [-0.2, -0.15) is 5.10 Å². The van der Waals surface area contributed by atoms with E-state index in [1.165, 1.54) is 13.2 Å². The largest absolute Gasteiger partial charge is 0.480 e. The Morgan fingerprint density at radius 2 is 2.21 bits per heavy atom. The maximum Gasteiger partial charge on any atom is 0.325 e. The Balaban J connectivity index is 2.81. The molecule has 1 rings (SSSR count). The Hall–Kier alpha value is -1.45. The number of rotatable bonds is 7. The summed E-state index contributed by atoms with van der Waals surface area (Å²) in [6.07, 6.45) is 2.01. The Morgan fingerprint density at radius 3 is 2.74 bits per heavy atom. The molecule has 1 heterocycles. The normalized spacial score (nSPS) is 13.7. The molecule has 0 fully saturated rings. The van der Waals surface area contributed by atoms with Crippen molar-refractivity contribution in [1.82, 2.24) is 14.1 Å². The SMILES string of the molecule is CC(O)CCN(C)S(=O)(=O)c1cnn(CC(=O)O)c1. The maximum atomic E-state index is 12.1. The zero-order valence-corrected chi connectivity index (χ0v) is 11.5. The molecule has 0 amide bonds. The fourth-order valence-electron chi connectivity index (χ4n) is 1.37. The van der Waals surface area contributed by atoms with E-state index in [9.17, 15) is 13.2 Å². The van der Waals surface area contributed by atoms with Gasteiger partial charge in [0.25, 0.3) is 0 Å². The molecule has 0 aromatic carbocycles. The zero-order chi connectivity index (χ0) is 14.6. The summed E-state index contributed by atoms with van der Waals surface area (Å²) in [5.74, 6) is -1.10. The lowest BCUT2D eigenvalue weighted by Crippen LogP contribution is -2.29. The van der Waals surface area contributed by atoms with Gasteiger partial charge in [0.05, 0.1) is 12.3 Å². The summed E-state index contributed by atoms with van der Waals surface area (Å²) >= 11 is 0. The molecule has 0 spiro atoms. The fraction of sp³-hybridized carbons (Fsp3) is 0.600. The van der Waals surface area contributed by atoms with Crippen LogP contribution < -0.4 is 0 Å². The highest BCUT2D eigenvalue weighted by Crippen LogP contribution is 2.13. The lowest BCUT2D eigenvalue weighted by Gasteiger charge is -2.16. The van der Waals surface area contributed by atoms with Crippen molar-refractivity contribution in [3.63, 3.8) is 0 Å². The Kier molecular flexibility index (Phi) is 5.04. The first-order valence-corrected chi connectivity index (χ1v) is 7.06. The summed E-state index contributed by atoms with van der Waals surface area (Å²) in [7, 11) is -2.31. The minimum Gasteiger partial charge on any atom is -0.480 e. The van der Waals surface area contributed by atoms with Gasteiger partial charge in [-0.25, -0.2) is 12.7 Å². The van der Waals surface area contributed by atoms with Crippen molar-refractivity contribution in [2.24, 2.45) is 0 Å². The van der Waals surface area contributed by atoms with E-state index >= 15 is 0 Å². The first kappa shape index (κ1) is 15.6. The number of aliphatic hydroxyl groups is 1. The second-order valence-electron chi connectivity index (χ2n) is 4.23. The van der Waals surface area contributed by atoms with Crippen molar-refractivity contribution < 1.29 is 23.4 Å². The van der Waals surface area contributed by atoms with Crippen molar-refractivity contribution in [3.05, 3.63) is 12.4 Å². The van der Waals surface area contributed by atoms with Crippen LogP contribution in [0.2, 0.25) is 0 Å². The van der Waals surface area contributed by atoms with Crippen molar-refractivity contribution in [2.45, 2.75) is 30.9 Å². The zero-order valence-electron chi connectivity index (χ0n) is 10.7. The molecule has 1 aromatic rings. The first-order valence-electron chi connectivity index (χ1n) is 5.62. The molecule has 0 saturated carbocycles. The average Bonchev–Trinajstić information content (AvgIpc) is 2.73. The minimum absolute atomic E-state index is 0.0677. The average molecular weight is 291 g/mol. The number of carbonyl (C=O) groups is 1. The second-order valence-corrected chi connectivity index (χ2v) is 6.28. The van der Waals surface area contributed by atoms with E-state index in [2.05, 4.69) is 5.10 Å². The van der Waals surface area contributed by atoms with Gasteiger partial charge in [0.15, 0.2) is 0 Å². The van der Waals surface area contributed by atoms with Gasteiger partial charge in [0.2, 0.25) is 10.0 Å². The van der Waals surface area contributed by atoms with E-state index in [1.807, 2.05) is 0 Å². The molecular weight excluding hydrogens is 274 g/mol. The number of sulfonamides is 1. The summed E-state index contributed by atoms with van der Waals surface area (Å²) in [4.78, 5) is 10.4. The highest BCUT2D eigenvalue weighted by atomic mass is 32.2. The van der Waals surface area contributed by atoms with Crippen LogP contribution in [-0.2, 0) is 21.4 Å². The number of aliphatic carboxylic acids is 1. The van der Waals surface area contributed by atoms with E-state index in [1.54, 1.807) is 6.92 Å². The molecule has 9 heteroatoms. The van der Waals surface area contributed by atoms with Crippen LogP contribution in [0.15, 0.2) is 17.3 Å². The summed E-state index contributed by atoms with van der Waals surface area (Å²) in [5, 5.41) is 21.4. The predicted octanol–water partition coefficient (Wildman–Crippen LogP) is -0.641. The van der Waals surface area contributed by atoms with Gasteiger partial charge in [0, 0.05) is 19.8 Å². The van der Waals surface area contributed by atoms with Crippen LogP contribution in [0.3, 0.4) is 0 Å². The van der Waals surface area contributed by atoms with Gasteiger partial charge in [-0.1, -0.05) is 0 Å².